The van der Waals surface area contributed by atoms with Gasteiger partial charge in [-0.2, -0.15) is 0 Å². The van der Waals surface area contributed by atoms with Gasteiger partial charge in [-0.05, 0) is 19.1 Å². The number of Topliss-reactive ketones (excluding diaryl/α,β-unsaturated/α-hetero) is 1. The van der Waals surface area contributed by atoms with Crippen LogP contribution in [0.15, 0.2) is 30.9 Å². The first-order valence-corrected chi connectivity index (χ1v) is 5.08. The fourth-order valence-corrected chi connectivity index (χ4v) is 1.50. The van der Waals surface area contributed by atoms with Gasteiger partial charge in [0.15, 0.2) is 5.78 Å². The number of benzene rings is 1. The lowest BCUT2D eigenvalue weighted by Crippen LogP contribution is -2.18. The molecule has 1 aromatic rings. The van der Waals surface area contributed by atoms with E-state index in [2.05, 4.69) is 6.58 Å². The van der Waals surface area contributed by atoms with Crippen molar-refractivity contribution in [1.29, 1.82) is 0 Å². The van der Waals surface area contributed by atoms with Crippen LogP contribution in [0, 0.1) is 10.1 Å². The first-order chi connectivity index (χ1) is 7.97. The van der Waals surface area contributed by atoms with Gasteiger partial charge in [-0.3, -0.25) is 14.9 Å². The Morgan fingerprint density at radius 3 is 2.71 bits per heavy atom. The number of hydrogen-bond acceptors (Lipinski definition) is 4. The fraction of sp³-hybridized carbons (Fsp3) is 0.250. The van der Waals surface area contributed by atoms with Gasteiger partial charge < -0.3 is 4.90 Å². The number of nitrogens with zero attached hydrogens (tertiary/aromatic N) is 2. The molecule has 5 heteroatoms. The van der Waals surface area contributed by atoms with Crippen molar-refractivity contribution in [1.82, 2.24) is 0 Å². The molecular formula is C12H14N2O3. The summed E-state index contributed by atoms with van der Waals surface area (Å²) in [7, 11) is 1.73. The summed E-state index contributed by atoms with van der Waals surface area (Å²) in [6.45, 7) is 5.46. The molecule has 0 fully saturated rings. The van der Waals surface area contributed by atoms with Crippen LogP contribution < -0.4 is 4.90 Å². The number of hydrogen-bond donors (Lipinski definition) is 0. The van der Waals surface area contributed by atoms with Crippen molar-refractivity contribution in [2.75, 3.05) is 18.5 Å². The van der Waals surface area contributed by atoms with Crippen LogP contribution in [0.25, 0.3) is 0 Å². The van der Waals surface area contributed by atoms with Crippen LogP contribution in [0.4, 0.5) is 11.4 Å². The maximum Gasteiger partial charge on any atom is 0.293 e. The molecule has 0 unspecified atom stereocenters. The van der Waals surface area contributed by atoms with E-state index >= 15 is 0 Å². The molecule has 0 atom stereocenters. The minimum atomic E-state index is -0.485. The third kappa shape index (κ3) is 2.90. The highest BCUT2D eigenvalue weighted by atomic mass is 16.6. The van der Waals surface area contributed by atoms with Gasteiger partial charge in [0.1, 0.15) is 5.69 Å². The van der Waals surface area contributed by atoms with Crippen LogP contribution in [-0.2, 0) is 0 Å². The molecule has 0 N–H and O–H groups in total. The Labute approximate surface area is 99.5 Å². The second-order valence-corrected chi connectivity index (χ2v) is 3.69. The van der Waals surface area contributed by atoms with Crippen LogP contribution in [0.2, 0.25) is 0 Å². The summed E-state index contributed by atoms with van der Waals surface area (Å²) < 4.78 is 0. The Morgan fingerprint density at radius 1 is 1.59 bits per heavy atom. The predicted octanol–water partition coefficient (Wildman–Crippen LogP) is 2.42. The average Bonchev–Trinajstić information content (AvgIpc) is 2.28. The van der Waals surface area contributed by atoms with Gasteiger partial charge in [-0.15, -0.1) is 6.58 Å². The Balaban J connectivity index is 3.26. The number of ketones is 1. The Bertz CT molecular complexity index is 469. The van der Waals surface area contributed by atoms with E-state index in [0.717, 1.165) is 0 Å². The molecule has 0 aliphatic rings. The molecular weight excluding hydrogens is 220 g/mol. The van der Waals surface area contributed by atoms with Crippen LogP contribution >= 0.6 is 0 Å². The Hall–Kier alpha value is -2.17. The molecule has 0 aliphatic heterocycles. The Kier molecular flexibility index (Phi) is 3.98. The van der Waals surface area contributed by atoms with Gasteiger partial charge in [0, 0.05) is 25.2 Å². The first kappa shape index (κ1) is 12.9. The monoisotopic (exact) mass is 234 g/mol. The molecule has 0 saturated heterocycles. The van der Waals surface area contributed by atoms with Crippen LogP contribution in [0.1, 0.15) is 17.3 Å². The molecule has 0 bridgehead atoms. The van der Waals surface area contributed by atoms with Crippen molar-refractivity contribution in [3.63, 3.8) is 0 Å². The van der Waals surface area contributed by atoms with Gasteiger partial charge >= 0.3 is 0 Å². The maximum absolute atomic E-state index is 11.2. The molecule has 0 radical (unpaired) electrons. The molecule has 1 rings (SSSR count). The van der Waals surface area contributed by atoms with Gasteiger partial charge in [0.2, 0.25) is 0 Å². The lowest BCUT2D eigenvalue weighted by molar-refractivity contribution is -0.384. The van der Waals surface area contributed by atoms with E-state index in [-0.39, 0.29) is 11.5 Å². The predicted molar refractivity (Wildman–Crippen MR) is 66.6 cm³/mol. The standard InChI is InChI=1S/C12H14N2O3/c1-4-7-13(3)11-6-5-10(9(2)15)8-12(11)14(16)17/h4-6,8H,1,7H2,2-3H3. The third-order valence-corrected chi connectivity index (χ3v) is 2.39. The topological polar surface area (TPSA) is 63.5 Å². The third-order valence-electron chi connectivity index (χ3n) is 2.39. The van der Waals surface area contributed by atoms with Crippen molar-refractivity contribution in [2.24, 2.45) is 0 Å². The summed E-state index contributed by atoms with van der Waals surface area (Å²) >= 11 is 0. The Morgan fingerprint density at radius 2 is 2.24 bits per heavy atom. The highest BCUT2D eigenvalue weighted by Gasteiger charge is 2.18. The molecule has 0 spiro atoms. The van der Waals surface area contributed by atoms with Crippen molar-refractivity contribution < 1.29 is 9.72 Å². The van der Waals surface area contributed by atoms with E-state index in [4.69, 9.17) is 0 Å². The molecule has 0 saturated carbocycles. The summed E-state index contributed by atoms with van der Waals surface area (Å²) in [5.74, 6) is -0.189. The largest absolute Gasteiger partial charge is 0.365 e. The molecule has 5 nitrogen and oxygen atoms in total. The molecule has 0 aromatic heterocycles. The highest BCUT2D eigenvalue weighted by Crippen LogP contribution is 2.28. The first-order valence-electron chi connectivity index (χ1n) is 5.08. The minimum Gasteiger partial charge on any atom is -0.365 e. The summed E-state index contributed by atoms with van der Waals surface area (Å²) in [5, 5.41) is 10.9. The normalized spacial score (nSPS) is 9.76. The quantitative estimate of drug-likeness (QED) is 0.339. The van der Waals surface area contributed by atoms with Crippen LogP contribution in [0.3, 0.4) is 0 Å². The molecule has 0 amide bonds. The number of carbonyl (C=O) groups excluding carboxylic acids is 1. The van der Waals surface area contributed by atoms with Gasteiger partial charge in [0.05, 0.1) is 4.92 Å². The number of rotatable bonds is 5. The van der Waals surface area contributed by atoms with Gasteiger partial charge in [-0.1, -0.05) is 6.08 Å². The molecule has 0 aliphatic carbocycles. The summed E-state index contributed by atoms with van der Waals surface area (Å²) in [6, 6.07) is 4.47. The molecule has 1 aromatic carbocycles. The van der Waals surface area contributed by atoms with Gasteiger partial charge in [-0.25, -0.2) is 0 Å². The van der Waals surface area contributed by atoms with Crippen molar-refractivity contribution >= 4 is 17.2 Å². The second kappa shape index (κ2) is 5.25. The van der Waals surface area contributed by atoms with E-state index in [0.29, 0.717) is 17.8 Å². The van der Waals surface area contributed by atoms with Crippen LogP contribution in [-0.4, -0.2) is 24.3 Å². The zero-order chi connectivity index (χ0) is 13.0. The van der Waals surface area contributed by atoms with E-state index in [1.807, 2.05) is 0 Å². The minimum absolute atomic E-state index is 0.0675. The van der Waals surface area contributed by atoms with Crippen molar-refractivity contribution in [3.8, 4) is 0 Å². The van der Waals surface area contributed by atoms with E-state index in [1.165, 1.54) is 13.0 Å². The lowest BCUT2D eigenvalue weighted by atomic mass is 10.1. The molecule has 90 valence electrons. The van der Waals surface area contributed by atoms with E-state index in [1.54, 1.807) is 30.2 Å². The highest BCUT2D eigenvalue weighted by molar-refractivity contribution is 5.95. The number of nitro groups is 1. The number of nitro benzene ring substituents is 1. The molecule has 0 heterocycles. The lowest BCUT2D eigenvalue weighted by Gasteiger charge is -2.17. The zero-order valence-corrected chi connectivity index (χ0v) is 9.84. The maximum atomic E-state index is 11.2. The van der Waals surface area contributed by atoms with Crippen molar-refractivity contribution in [3.05, 3.63) is 46.5 Å². The average molecular weight is 234 g/mol. The molecule has 17 heavy (non-hydrogen) atoms. The SMILES string of the molecule is C=CCN(C)c1ccc(C(C)=O)cc1[N+](=O)[O-]. The van der Waals surface area contributed by atoms with Crippen LogP contribution in [0.5, 0.6) is 0 Å². The summed E-state index contributed by atoms with van der Waals surface area (Å²) in [4.78, 5) is 23.3. The summed E-state index contributed by atoms with van der Waals surface area (Å²) in [6.07, 6.45) is 1.66. The summed E-state index contributed by atoms with van der Waals surface area (Å²) in [5.41, 5.74) is 0.745. The number of anilines is 1. The fourth-order valence-electron chi connectivity index (χ4n) is 1.50. The number of likely N-dealkylation sites (N-methyl/N-ethyl adjacent to an activating group) is 1. The second-order valence-electron chi connectivity index (χ2n) is 3.69. The van der Waals surface area contributed by atoms with Gasteiger partial charge in [0.25, 0.3) is 5.69 Å². The smallest absolute Gasteiger partial charge is 0.293 e. The van der Waals surface area contributed by atoms with E-state index in [9.17, 15) is 14.9 Å². The number of carbonyl (C=O) groups is 1. The zero-order valence-electron chi connectivity index (χ0n) is 9.84. The van der Waals surface area contributed by atoms with E-state index < -0.39 is 4.92 Å². The van der Waals surface area contributed by atoms with Crippen molar-refractivity contribution in [2.45, 2.75) is 6.92 Å².